The second kappa shape index (κ2) is 7.43. The lowest BCUT2D eigenvalue weighted by Gasteiger charge is -2.32. The van der Waals surface area contributed by atoms with Crippen molar-refractivity contribution in [2.24, 2.45) is 0 Å². The Morgan fingerprint density at radius 3 is 2.36 bits per heavy atom. The van der Waals surface area contributed by atoms with Gasteiger partial charge in [0.05, 0.1) is 0 Å². The third kappa shape index (κ3) is 3.49. The number of rotatable bonds is 3. The molecule has 4 heteroatoms. The average molecular weight is 302 g/mol. The van der Waals surface area contributed by atoms with Crippen LogP contribution in [0.5, 0.6) is 0 Å². The fourth-order valence-electron chi connectivity index (χ4n) is 3.10. The van der Waals surface area contributed by atoms with Crippen molar-refractivity contribution in [3.8, 4) is 0 Å². The normalized spacial score (nSPS) is 18.1. The van der Waals surface area contributed by atoms with E-state index in [-0.39, 0.29) is 6.04 Å². The maximum absolute atomic E-state index is 12.4. The Kier molecular flexibility index (Phi) is 5.58. The molecule has 2 amide bonds. The Morgan fingerprint density at radius 1 is 1.18 bits per heavy atom. The van der Waals surface area contributed by atoms with Crippen molar-refractivity contribution in [3.05, 3.63) is 29.3 Å². The van der Waals surface area contributed by atoms with E-state index in [0.29, 0.717) is 6.54 Å². The molecule has 22 heavy (non-hydrogen) atoms. The second-order valence-corrected chi connectivity index (χ2v) is 5.96. The minimum atomic E-state index is -0.510. The van der Waals surface area contributed by atoms with Crippen LogP contribution in [0.4, 0.5) is 5.69 Å². The van der Waals surface area contributed by atoms with E-state index >= 15 is 0 Å². The third-order valence-corrected chi connectivity index (χ3v) is 4.50. The van der Waals surface area contributed by atoms with Crippen molar-refractivity contribution >= 4 is 17.5 Å². The van der Waals surface area contributed by atoms with Gasteiger partial charge < -0.3 is 10.2 Å². The number of amides is 2. The molecular formula is C18H26N2O2. The number of hydrogen-bond donors (Lipinski definition) is 1. The predicted octanol–water partition coefficient (Wildman–Crippen LogP) is 3.15. The van der Waals surface area contributed by atoms with Crippen LogP contribution < -0.4 is 5.32 Å². The second-order valence-electron chi connectivity index (χ2n) is 5.96. The number of nitrogens with one attached hydrogen (secondary N) is 1. The number of likely N-dealkylation sites (tertiary alicyclic amines) is 1. The van der Waals surface area contributed by atoms with Gasteiger partial charge in [0.25, 0.3) is 0 Å². The number of carbonyl (C=O) groups is 2. The lowest BCUT2D eigenvalue weighted by Crippen LogP contribution is -2.47. The highest BCUT2D eigenvalue weighted by atomic mass is 16.2. The first-order valence-electron chi connectivity index (χ1n) is 8.31. The summed E-state index contributed by atoms with van der Waals surface area (Å²) in [5.41, 5.74) is 2.97. The number of piperidine rings is 1. The molecule has 4 nitrogen and oxygen atoms in total. The van der Waals surface area contributed by atoms with Crippen molar-refractivity contribution in [1.82, 2.24) is 4.90 Å². The van der Waals surface area contributed by atoms with Crippen molar-refractivity contribution in [2.75, 3.05) is 11.9 Å². The molecule has 1 aliphatic heterocycles. The standard InChI is InChI=1S/C18H26N2O2/c1-4-14-10-8-11-15(5-2)16(14)19-17(21)18(22)20-12-7-6-9-13(20)3/h8,10-11,13H,4-7,9,12H2,1-3H3,(H,19,21). The molecule has 0 radical (unpaired) electrons. The van der Waals surface area contributed by atoms with Crippen molar-refractivity contribution in [2.45, 2.75) is 58.9 Å². The molecule has 1 N–H and O–H groups in total. The number of benzene rings is 1. The minimum Gasteiger partial charge on any atom is -0.332 e. The monoisotopic (exact) mass is 302 g/mol. The maximum atomic E-state index is 12.4. The van der Waals surface area contributed by atoms with Crippen LogP contribution in [0.15, 0.2) is 18.2 Å². The van der Waals surface area contributed by atoms with E-state index in [0.717, 1.165) is 48.9 Å². The highest BCUT2D eigenvalue weighted by molar-refractivity contribution is 6.39. The van der Waals surface area contributed by atoms with Crippen LogP contribution in [-0.2, 0) is 22.4 Å². The van der Waals surface area contributed by atoms with Crippen LogP contribution in [0.2, 0.25) is 0 Å². The number of nitrogens with zero attached hydrogens (tertiary/aromatic N) is 1. The van der Waals surface area contributed by atoms with Crippen LogP contribution in [0.1, 0.15) is 51.2 Å². The van der Waals surface area contributed by atoms with E-state index in [1.165, 1.54) is 0 Å². The first-order valence-corrected chi connectivity index (χ1v) is 8.31. The SMILES string of the molecule is CCc1cccc(CC)c1NC(=O)C(=O)N1CCCCC1C. The molecule has 2 rings (SSSR count). The van der Waals surface area contributed by atoms with Gasteiger partial charge in [-0.1, -0.05) is 32.0 Å². The number of hydrogen-bond acceptors (Lipinski definition) is 2. The fourth-order valence-corrected chi connectivity index (χ4v) is 3.10. The first kappa shape index (κ1) is 16.5. The summed E-state index contributed by atoms with van der Waals surface area (Å²) in [7, 11) is 0. The van der Waals surface area contributed by atoms with Crippen molar-refractivity contribution in [1.29, 1.82) is 0 Å². The molecule has 1 aromatic carbocycles. The number of anilines is 1. The molecule has 0 bridgehead atoms. The molecule has 1 unspecified atom stereocenters. The molecule has 1 heterocycles. The van der Waals surface area contributed by atoms with E-state index < -0.39 is 11.8 Å². The highest BCUT2D eigenvalue weighted by Gasteiger charge is 2.28. The number of aryl methyl sites for hydroxylation is 2. The zero-order valence-electron chi connectivity index (χ0n) is 13.8. The van der Waals surface area contributed by atoms with Gasteiger partial charge in [0.15, 0.2) is 0 Å². The topological polar surface area (TPSA) is 49.4 Å². The van der Waals surface area contributed by atoms with Crippen molar-refractivity contribution in [3.63, 3.8) is 0 Å². The third-order valence-electron chi connectivity index (χ3n) is 4.50. The quantitative estimate of drug-likeness (QED) is 0.872. The van der Waals surface area contributed by atoms with Gasteiger partial charge in [-0.3, -0.25) is 9.59 Å². The number of carbonyl (C=O) groups excluding carboxylic acids is 2. The average Bonchev–Trinajstić information content (AvgIpc) is 2.54. The zero-order valence-corrected chi connectivity index (χ0v) is 13.8. The summed E-state index contributed by atoms with van der Waals surface area (Å²) in [6.07, 6.45) is 4.75. The summed E-state index contributed by atoms with van der Waals surface area (Å²) >= 11 is 0. The van der Waals surface area contributed by atoms with Gasteiger partial charge >= 0.3 is 11.8 Å². The largest absolute Gasteiger partial charge is 0.332 e. The lowest BCUT2D eigenvalue weighted by atomic mass is 10.0. The Hall–Kier alpha value is -1.84. The minimum absolute atomic E-state index is 0.152. The Balaban J connectivity index is 2.16. The summed E-state index contributed by atoms with van der Waals surface area (Å²) in [5, 5.41) is 2.87. The molecule has 0 spiro atoms. The molecular weight excluding hydrogens is 276 g/mol. The first-order chi connectivity index (χ1) is 10.6. The lowest BCUT2D eigenvalue weighted by molar-refractivity contribution is -0.145. The van der Waals surface area contributed by atoms with Gasteiger partial charge in [0.1, 0.15) is 0 Å². The van der Waals surface area contributed by atoms with E-state index in [4.69, 9.17) is 0 Å². The Morgan fingerprint density at radius 2 is 1.82 bits per heavy atom. The molecule has 1 aromatic rings. The summed E-state index contributed by atoms with van der Waals surface area (Å²) in [6, 6.07) is 6.16. The summed E-state index contributed by atoms with van der Waals surface area (Å²) in [4.78, 5) is 26.5. The zero-order chi connectivity index (χ0) is 16.1. The Labute approximate surface area is 132 Å². The van der Waals surface area contributed by atoms with Gasteiger partial charge in [-0.05, 0) is 50.2 Å². The van der Waals surface area contributed by atoms with E-state index in [1.54, 1.807) is 4.90 Å². The molecule has 1 aliphatic rings. The van der Waals surface area contributed by atoms with Crippen molar-refractivity contribution < 1.29 is 9.59 Å². The molecule has 0 aromatic heterocycles. The predicted molar refractivity (Wildman–Crippen MR) is 88.9 cm³/mol. The van der Waals surface area contributed by atoms with E-state index in [1.807, 2.05) is 25.1 Å². The van der Waals surface area contributed by atoms with Crippen LogP contribution >= 0.6 is 0 Å². The summed E-state index contributed by atoms with van der Waals surface area (Å²) < 4.78 is 0. The van der Waals surface area contributed by atoms with E-state index in [9.17, 15) is 9.59 Å². The van der Waals surface area contributed by atoms with Gasteiger partial charge in [-0.25, -0.2) is 0 Å². The molecule has 1 fully saturated rings. The van der Waals surface area contributed by atoms with Gasteiger partial charge in [0.2, 0.25) is 0 Å². The van der Waals surface area contributed by atoms with Crippen LogP contribution in [0.3, 0.4) is 0 Å². The summed E-state index contributed by atoms with van der Waals surface area (Å²) in [5.74, 6) is -0.912. The molecule has 1 saturated heterocycles. The maximum Gasteiger partial charge on any atom is 0.313 e. The number of para-hydroxylation sites is 1. The molecule has 120 valence electrons. The highest BCUT2D eigenvalue weighted by Crippen LogP contribution is 2.23. The molecule has 0 aliphatic carbocycles. The smallest absolute Gasteiger partial charge is 0.313 e. The van der Waals surface area contributed by atoms with Crippen LogP contribution in [0.25, 0.3) is 0 Å². The summed E-state index contributed by atoms with van der Waals surface area (Å²) in [6.45, 7) is 6.81. The molecule has 0 saturated carbocycles. The van der Waals surface area contributed by atoms with E-state index in [2.05, 4.69) is 19.2 Å². The van der Waals surface area contributed by atoms with Gasteiger partial charge in [0, 0.05) is 18.3 Å². The van der Waals surface area contributed by atoms with Gasteiger partial charge in [-0.15, -0.1) is 0 Å². The molecule has 1 atom stereocenters. The Bertz CT molecular complexity index is 532. The van der Waals surface area contributed by atoms with Gasteiger partial charge in [-0.2, -0.15) is 0 Å². The fraction of sp³-hybridized carbons (Fsp3) is 0.556. The van der Waals surface area contributed by atoms with Crippen LogP contribution in [0, 0.1) is 0 Å². The van der Waals surface area contributed by atoms with Crippen LogP contribution in [-0.4, -0.2) is 29.3 Å².